The summed E-state index contributed by atoms with van der Waals surface area (Å²) in [4.78, 5) is 38.9. The van der Waals surface area contributed by atoms with E-state index in [0.717, 1.165) is 5.56 Å². The van der Waals surface area contributed by atoms with Gasteiger partial charge in [-0.25, -0.2) is 0 Å². The SMILES string of the molecule is CCOC(=O)C1C(c2ccc(OC)cc2)C12C(=O)c1ccccc1C2=O. The summed E-state index contributed by atoms with van der Waals surface area (Å²) in [5, 5.41) is 0. The van der Waals surface area contributed by atoms with Gasteiger partial charge in [-0.15, -0.1) is 0 Å². The Morgan fingerprint density at radius 2 is 1.58 bits per heavy atom. The summed E-state index contributed by atoms with van der Waals surface area (Å²) in [7, 11) is 1.57. The lowest BCUT2D eigenvalue weighted by Crippen LogP contribution is -2.24. The van der Waals surface area contributed by atoms with Crippen molar-refractivity contribution in [2.24, 2.45) is 11.3 Å². The lowest BCUT2D eigenvalue weighted by atomic mass is 9.93. The molecule has 0 aromatic heterocycles. The number of carbonyl (C=O) groups excluding carboxylic acids is 3. The Kier molecular flexibility index (Phi) is 3.68. The predicted octanol–water partition coefficient (Wildman–Crippen LogP) is 3.04. The van der Waals surface area contributed by atoms with Gasteiger partial charge in [0.25, 0.3) is 0 Å². The molecule has 0 heterocycles. The highest BCUT2D eigenvalue weighted by Gasteiger charge is 2.79. The van der Waals surface area contributed by atoms with Crippen molar-refractivity contribution in [2.45, 2.75) is 12.8 Å². The molecule has 5 heteroatoms. The van der Waals surface area contributed by atoms with Crippen molar-refractivity contribution >= 4 is 17.5 Å². The van der Waals surface area contributed by atoms with Crippen LogP contribution in [-0.4, -0.2) is 31.3 Å². The molecule has 0 aliphatic heterocycles. The van der Waals surface area contributed by atoms with Crippen molar-refractivity contribution in [2.75, 3.05) is 13.7 Å². The molecule has 2 aliphatic carbocycles. The lowest BCUT2D eigenvalue weighted by Gasteiger charge is -2.07. The minimum atomic E-state index is -1.37. The first kappa shape index (κ1) is 16.5. The highest BCUT2D eigenvalue weighted by Crippen LogP contribution is 2.70. The number of fused-ring (bicyclic) bond motifs is 1. The monoisotopic (exact) mass is 350 g/mol. The largest absolute Gasteiger partial charge is 0.497 e. The third-order valence-corrected chi connectivity index (χ3v) is 5.39. The van der Waals surface area contributed by atoms with Gasteiger partial charge in [0.2, 0.25) is 0 Å². The molecule has 5 nitrogen and oxygen atoms in total. The van der Waals surface area contributed by atoms with Crippen molar-refractivity contribution in [1.29, 1.82) is 0 Å². The van der Waals surface area contributed by atoms with Crippen LogP contribution in [0.15, 0.2) is 48.5 Å². The topological polar surface area (TPSA) is 69.7 Å². The van der Waals surface area contributed by atoms with Gasteiger partial charge in [0.1, 0.15) is 11.2 Å². The van der Waals surface area contributed by atoms with Crippen LogP contribution in [0, 0.1) is 11.3 Å². The molecule has 132 valence electrons. The number of methoxy groups -OCH3 is 1. The Hall–Kier alpha value is -2.95. The number of hydrogen-bond acceptors (Lipinski definition) is 5. The Bertz CT molecular complexity index is 877. The molecule has 0 amide bonds. The summed E-state index contributed by atoms with van der Waals surface area (Å²) in [6.45, 7) is 1.92. The zero-order valence-electron chi connectivity index (χ0n) is 14.5. The molecule has 0 N–H and O–H groups in total. The van der Waals surface area contributed by atoms with E-state index in [0.29, 0.717) is 16.9 Å². The van der Waals surface area contributed by atoms with Crippen molar-refractivity contribution in [3.05, 3.63) is 65.2 Å². The molecule has 2 aromatic carbocycles. The molecule has 2 aliphatic rings. The molecule has 0 saturated heterocycles. The van der Waals surface area contributed by atoms with Gasteiger partial charge in [0.05, 0.1) is 19.6 Å². The number of ketones is 2. The zero-order valence-corrected chi connectivity index (χ0v) is 14.5. The normalized spacial score (nSPS) is 22.2. The van der Waals surface area contributed by atoms with Gasteiger partial charge in [-0.2, -0.15) is 0 Å². The van der Waals surface area contributed by atoms with Crippen LogP contribution in [0.2, 0.25) is 0 Å². The van der Waals surface area contributed by atoms with Gasteiger partial charge in [-0.3, -0.25) is 14.4 Å². The van der Waals surface area contributed by atoms with Gasteiger partial charge in [-0.1, -0.05) is 36.4 Å². The molecule has 1 spiro atoms. The molecule has 2 aromatic rings. The number of rotatable bonds is 4. The van der Waals surface area contributed by atoms with Gasteiger partial charge >= 0.3 is 5.97 Å². The third-order valence-electron chi connectivity index (χ3n) is 5.39. The van der Waals surface area contributed by atoms with E-state index in [-0.39, 0.29) is 18.2 Å². The summed E-state index contributed by atoms with van der Waals surface area (Å²) in [5.41, 5.74) is 0.175. The van der Waals surface area contributed by atoms with E-state index in [1.54, 1.807) is 62.6 Å². The predicted molar refractivity (Wildman–Crippen MR) is 93.4 cm³/mol. The van der Waals surface area contributed by atoms with E-state index >= 15 is 0 Å². The van der Waals surface area contributed by atoms with Crippen LogP contribution < -0.4 is 4.74 Å². The minimum absolute atomic E-state index is 0.204. The first-order chi connectivity index (χ1) is 12.6. The second-order valence-electron chi connectivity index (χ2n) is 6.55. The molecule has 1 fully saturated rings. The molecule has 1 saturated carbocycles. The van der Waals surface area contributed by atoms with Crippen molar-refractivity contribution < 1.29 is 23.9 Å². The third kappa shape index (κ3) is 2.00. The fourth-order valence-electron chi connectivity index (χ4n) is 4.20. The molecule has 0 radical (unpaired) electrons. The number of benzene rings is 2. The maximum atomic E-state index is 13.2. The smallest absolute Gasteiger partial charge is 0.311 e. The molecule has 2 unspecified atom stereocenters. The Labute approximate surface area is 150 Å². The van der Waals surface area contributed by atoms with Crippen LogP contribution in [-0.2, 0) is 9.53 Å². The maximum Gasteiger partial charge on any atom is 0.311 e. The number of carbonyl (C=O) groups is 3. The van der Waals surface area contributed by atoms with E-state index in [2.05, 4.69) is 0 Å². The summed E-state index contributed by atoms with van der Waals surface area (Å²) in [5.74, 6) is -1.69. The zero-order chi connectivity index (χ0) is 18.5. The van der Waals surface area contributed by atoms with Crippen LogP contribution in [0.4, 0.5) is 0 Å². The Balaban J connectivity index is 1.81. The van der Waals surface area contributed by atoms with E-state index in [1.807, 2.05) is 0 Å². The molecule has 4 rings (SSSR count). The standard InChI is InChI=1S/C21H18O5/c1-3-26-20(24)17-16(12-8-10-13(25-2)11-9-12)21(17)18(22)14-6-4-5-7-15(14)19(21)23/h4-11,16-17H,3H2,1-2H3. The van der Waals surface area contributed by atoms with Crippen molar-refractivity contribution in [3.63, 3.8) is 0 Å². The minimum Gasteiger partial charge on any atom is -0.497 e. The molecule has 2 atom stereocenters. The Morgan fingerprint density at radius 3 is 2.08 bits per heavy atom. The highest BCUT2D eigenvalue weighted by molar-refractivity contribution is 6.34. The quantitative estimate of drug-likeness (QED) is 0.626. The summed E-state index contributed by atoms with van der Waals surface area (Å²) in [6, 6.07) is 13.9. The second kappa shape index (κ2) is 5.80. The van der Waals surface area contributed by atoms with Crippen molar-refractivity contribution in [3.8, 4) is 5.75 Å². The molecular weight excluding hydrogens is 332 g/mol. The van der Waals surface area contributed by atoms with Crippen LogP contribution in [0.5, 0.6) is 5.75 Å². The van der Waals surface area contributed by atoms with Gasteiger partial charge in [0, 0.05) is 17.0 Å². The average molecular weight is 350 g/mol. The Morgan fingerprint density at radius 1 is 1.00 bits per heavy atom. The van der Waals surface area contributed by atoms with E-state index in [9.17, 15) is 14.4 Å². The molecule has 0 bridgehead atoms. The summed E-state index contributed by atoms with van der Waals surface area (Å²) in [6.07, 6.45) is 0. The first-order valence-corrected chi connectivity index (χ1v) is 8.56. The van der Waals surface area contributed by atoms with E-state index in [4.69, 9.17) is 9.47 Å². The van der Waals surface area contributed by atoms with Gasteiger partial charge in [0.15, 0.2) is 11.6 Å². The average Bonchev–Trinajstić information content (AvgIpc) is 3.33. The van der Waals surface area contributed by atoms with Gasteiger partial charge in [-0.05, 0) is 24.6 Å². The van der Waals surface area contributed by atoms with Crippen LogP contribution in [0.3, 0.4) is 0 Å². The van der Waals surface area contributed by atoms with Gasteiger partial charge < -0.3 is 9.47 Å². The number of Topliss-reactive ketones (excluding diaryl/α,β-unsaturated/α-hetero) is 2. The van der Waals surface area contributed by atoms with Crippen LogP contribution in [0.1, 0.15) is 39.1 Å². The fourth-order valence-corrected chi connectivity index (χ4v) is 4.20. The number of ether oxygens (including phenoxy) is 2. The number of esters is 1. The fraction of sp³-hybridized carbons (Fsp3) is 0.286. The van der Waals surface area contributed by atoms with Crippen LogP contribution in [0.25, 0.3) is 0 Å². The molecular formula is C21H18O5. The number of hydrogen-bond donors (Lipinski definition) is 0. The summed E-state index contributed by atoms with van der Waals surface area (Å²) >= 11 is 0. The maximum absolute atomic E-state index is 13.2. The van der Waals surface area contributed by atoms with Crippen LogP contribution >= 0.6 is 0 Å². The lowest BCUT2D eigenvalue weighted by molar-refractivity contribution is -0.145. The van der Waals surface area contributed by atoms with E-state index < -0.39 is 23.2 Å². The van der Waals surface area contributed by atoms with Crippen molar-refractivity contribution in [1.82, 2.24) is 0 Å². The molecule has 26 heavy (non-hydrogen) atoms. The highest BCUT2D eigenvalue weighted by atomic mass is 16.5. The second-order valence-corrected chi connectivity index (χ2v) is 6.55. The summed E-state index contributed by atoms with van der Waals surface area (Å²) < 4.78 is 10.3. The first-order valence-electron chi connectivity index (χ1n) is 8.56. The van der Waals surface area contributed by atoms with E-state index in [1.165, 1.54) is 0 Å².